The highest BCUT2D eigenvalue weighted by molar-refractivity contribution is 5.40. The molecule has 0 atom stereocenters. The van der Waals surface area contributed by atoms with Crippen LogP contribution in [0.5, 0.6) is 0 Å². The Bertz CT molecular complexity index is 280. The molecule has 1 spiro atoms. The summed E-state index contributed by atoms with van der Waals surface area (Å²) in [7, 11) is 0. The monoisotopic (exact) mass is 178 g/mol. The van der Waals surface area contributed by atoms with Gasteiger partial charge < -0.3 is 11.2 Å². The summed E-state index contributed by atoms with van der Waals surface area (Å²) in [6.45, 7) is 0. The third-order valence-electron chi connectivity index (χ3n) is 3.00. The van der Waals surface area contributed by atoms with Crippen LogP contribution in [-0.4, -0.2) is 5.54 Å². The fraction of sp³-hybridized carbons (Fsp3) is 0.667. The van der Waals surface area contributed by atoms with Crippen molar-refractivity contribution in [3.05, 3.63) is 11.4 Å². The van der Waals surface area contributed by atoms with Crippen LogP contribution in [0.15, 0.2) is 11.4 Å². The highest BCUT2D eigenvalue weighted by Crippen LogP contribution is 2.36. The predicted molar refractivity (Wildman–Crippen MR) is 48.9 cm³/mol. The number of nitrogens with zero attached hydrogens (tertiary/aromatic N) is 1. The van der Waals surface area contributed by atoms with Gasteiger partial charge in [-0.3, -0.25) is 0 Å². The topological polar surface area (TPSA) is 73.9 Å². The van der Waals surface area contributed by atoms with Crippen LogP contribution >= 0.6 is 0 Å². The van der Waals surface area contributed by atoms with Crippen LogP contribution in [0.2, 0.25) is 0 Å². The molecule has 2 rings (SSSR count). The number of nitrogens with one attached hydrogen (secondary N) is 2. The summed E-state index contributed by atoms with van der Waals surface area (Å²) in [6, 6.07) is 2.20. The summed E-state index contributed by atoms with van der Waals surface area (Å²) < 4.78 is 0. The van der Waals surface area contributed by atoms with E-state index in [-0.39, 0.29) is 5.54 Å². The first-order chi connectivity index (χ1) is 6.28. The molecular weight excluding hydrogens is 164 g/mol. The summed E-state index contributed by atoms with van der Waals surface area (Å²) >= 11 is 0. The highest BCUT2D eigenvalue weighted by atomic mass is 15.4. The largest absolute Gasteiger partial charge is 0.384 e. The average Bonchev–Trinajstić information content (AvgIpc) is 2.45. The molecule has 0 amide bonds. The zero-order valence-corrected chi connectivity index (χ0v) is 7.56. The molecule has 4 N–H and O–H groups in total. The van der Waals surface area contributed by atoms with E-state index in [1.165, 1.54) is 19.3 Å². The van der Waals surface area contributed by atoms with Crippen LogP contribution in [0.25, 0.3) is 0 Å². The Morgan fingerprint density at radius 1 is 1.31 bits per heavy atom. The summed E-state index contributed by atoms with van der Waals surface area (Å²) in [5, 5.41) is 8.99. The van der Waals surface area contributed by atoms with E-state index in [1.807, 2.05) is 0 Å². The molecule has 1 heterocycles. The van der Waals surface area contributed by atoms with Gasteiger partial charge in [-0.05, 0) is 12.8 Å². The fourth-order valence-electron chi connectivity index (χ4n) is 2.27. The summed E-state index contributed by atoms with van der Waals surface area (Å²) in [5.41, 5.74) is 12.2. The molecule has 4 nitrogen and oxygen atoms in total. The molecular formula is C9H14N4. The molecule has 1 aliphatic carbocycles. The zero-order chi connectivity index (χ0) is 9.31. The Kier molecular flexibility index (Phi) is 1.89. The summed E-state index contributed by atoms with van der Waals surface area (Å²) in [4.78, 5) is 0. The standard InChI is InChI=1S/C9H14N4/c10-6-7-8(11)12-13-9(7)4-2-1-3-5-9/h12-13H,1-5,11H2. The zero-order valence-electron chi connectivity index (χ0n) is 7.56. The van der Waals surface area contributed by atoms with Crippen molar-refractivity contribution in [2.45, 2.75) is 37.6 Å². The minimum absolute atomic E-state index is 0.156. The molecule has 2 aliphatic rings. The number of nitrogens with two attached hydrogens (primary N) is 1. The van der Waals surface area contributed by atoms with Gasteiger partial charge in [-0.15, -0.1) is 0 Å². The molecule has 4 heteroatoms. The van der Waals surface area contributed by atoms with Crippen molar-refractivity contribution in [2.24, 2.45) is 5.73 Å². The van der Waals surface area contributed by atoms with Crippen molar-refractivity contribution in [2.75, 3.05) is 0 Å². The van der Waals surface area contributed by atoms with Gasteiger partial charge in [0.25, 0.3) is 0 Å². The van der Waals surface area contributed by atoms with Gasteiger partial charge in [0, 0.05) is 0 Å². The molecule has 0 unspecified atom stereocenters. The first kappa shape index (κ1) is 8.39. The third kappa shape index (κ3) is 1.16. The Morgan fingerprint density at radius 2 is 2.00 bits per heavy atom. The Labute approximate surface area is 77.8 Å². The quantitative estimate of drug-likeness (QED) is 0.504. The minimum Gasteiger partial charge on any atom is -0.384 e. The van der Waals surface area contributed by atoms with Crippen molar-refractivity contribution in [3.63, 3.8) is 0 Å². The molecule has 0 radical (unpaired) electrons. The van der Waals surface area contributed by atoms with Crippen molar-refractivity contribution in [3.8, 4) is 6.07 Å². The van der Waals surface area contributed by atoms with Gasteiger partial charge >= 0.3 is 0 Å². The van der Waals surface area contributed by atoms with Crippen molar-refractivity contribution in [1.82, 2.24) is 10.9 Å². The van der Waals surface area contributed by atoms with Gasteiger partial charge in [0.1, 0.15) is 11.9 Å². The lowest BCUT2D eigenvalue weighted by Crippen LogP contribution is -2.48. The van der Waals surface area contributed by atoms with E-state index in [9.17, 15) is 0 Å². The normalized spacial score (nSPS) is 25.8. The maximum absolute atomic E-state index is 8.99. The van der Waals surface area contributed by atoms with E-state index >= 15 is 0 Å². The Morgan fingerprint density at radius 3 is 2.62 bits per heavy atom. The first-order valence-corrected chi connectivity index (χ1v) is 4.72. The van der Waals surface area contributed by atoms with Gasteiger partial charge in [-0.2, -0.15) is 5.26 Å². The second-order valence-electron chi connectivity index (χ2n) is 3.79. The van der Waals surface area contributed by atoms with Gasteiger partial charge in [0.15, 0.2) is 0 Å². The second kappa shape index (κ2) is 2.93. The van der Waals surface area contributed by atoms with Gasteiger partial charge in [-0.25, -0.2) is 5.43 Å². The average molecular weight is 178 g/mol. The van der Waals surface area contributed by atoms with Crippen LogP contribution in [0.3, 0.4) is 0 Å². The van der Waals surface area contributed by atoms with Crippen molar-refractivity contribution < 1.29 is 0 Å². The van der Waals surface area contributed by atoms with Crippen molar-refractivity contribution in [1.29, 1.82) is 5.26 Å². The number of hydrogen-bond donors (Lipinski definition) is 3. The first-order valence-electron chi connectivity index (χ1n) is 4.72. The Balaban J connectivity index is 2.28. The molecule has 0 saturated heterocycles. The molecule has 0 aromatic rings. The van der Waals surface area contributed by atoms with E-state index in [4.69, 9.17) is 11.0 Å². The molecule has 0 bridgehead atoms. The molecule has 1 fully saturated rings. The summed E-state index contributed by atoms with van der Waals surface area (Å²) in [5.74, 6) is 0.504. The molecule has 1 aliphatic heterocycles. The number of hydrogen-bond acceptors (Lipinski definition) is 4. The lowest BCUT2D eigenvalue weighted by atomic mass is 9.78. The number of nitriles is 1. The van der Waals surface area contributed by atoms with E-state index < -0.39 is 0 Å². The maximum atomic E-state index is 8.99. The van der Waals surface area contributed by atoms with Crippen LogP contribution in [-0.2, 0) is 0 Å². The maximum Gasteiger partial charge on any atom is 0.127 e. The predicted octanol–water partition coefficient (Wildman–Crippen LogP) is 0.491. The number of hydrazine groups is 1. The molecule has 0 aromatic heterocycles. The molecule has 0 aromatic carbocycles. The highest BCUT2D eigenvalue weighted by Gasteiger charge is 2.41. The molecule has 1 saturated carbocycles. The molecule has 70 valence electrons. The minimum atomic E-state index is -0.156. The van der Waals surface area contributed by atoms with E-state index in [0.29, 0.717) is 11.4 Å². The van der Waals surface area contributed by atoms with E-state index in [1.54, 1.807) is 0 Å². The van der Waals surface area contributed by atoms with E-state index in [2.05, 4.69) is 16.9 Å². The third-order valence-corrected chi connectivity index (χ3v) is 3.00. The van der Waals surface area contributed by atoms with Crippen LogP contribution in [0.4, 0.5) is 0 Å². The smallest absolute Gasteiger partial charge is 0.127 e. The van der Waals surface area contributed by atoms with Crippen LogP contribution < -0.4 is 16.6 Å². The second-order valence-corrected chi connectivity index (χ2v) is 3.79. The Hall–Kier alpha value is -1.21. The van der Waals surface area contributed by atoms with E-state index in [0.717, 1.165) is 12.8 Å². The molecule has 13 heavy (non-hydrogen) atoms. The lowest BCUT2D eigenvalue weighted by Gasteiger charge is -2.32. The van der Waals surface area contributed by atoms with Gasteiger partial charge in [-0.1, -0.05) is 19.3 Å². The van der Waals surface area contributed by atoms with Crippen LogP contribution in [0, 0.1) is 11.3 Å². The van der Waals surface area contributed by atoms with Gasteiger partial charge in [0.05, 0.1) is 11.1 Å². The van der Waals surface area contributed by atoms with Crippen LogP contribution in [0.1, 0.15) is 32.1 Å². The number of rotatable bonds is 0. The van der Waals surface area contributed by atoms with Gasteiger partial charge in [0.2, 0.25) is 0 Å². The summed E-state index contributed by atoms with van der Waals surface area (Å²) in [6.07, 6.45) is 5.65. The SMILES string of the molecule is N#CC1=C(N)NNC12CCCCC2. The van der Waals surface area contributed by atoms with Crippen molar-refractivity contribution >= 4 is 0 Å². The lowest BCUT2D eigenvalue weighted by molar-refractivity contribution is 0.282. The fourth-order valence-corrected chi connectivity index (χ4v) is 2.27.